The van der Waals surface area contributed by atoms with Crippen molar-refractivity contribution in [3.8, 4) is 0 Å². The van der Waals surface area contributed by atoms with E-state index in [4.69, 9.17) is 5.11 Å². The van der Waals surface area contributed by atoms with Crippen LogP contribution in [-0.4, -0.2) is 47.3 Å². The Labute approximate surface area is 92.9 Å². The van der Waals surface area contributed by atoms with Crippen LogP contribution >= 0.6 is 0 Å². The fraction of sp³-hybridized carbons (Fsp3) is 0.500. The number of carbonyl (C=O) groups excluding carboxylic acids is 2. The lowest BCUT2D eigenvalue weighted by molar-refractivity contribution is -0.136. The number of likely N-dealkylation sites (N-methyl/N-ethyl adjacent to an activating group) is 1. The fourth-order valence-corrected chi connectivity index (χ4v) is 1.45. The molecule has 0 radical (unpaired) electrons. The Morgan fingerprint density at radius 1 is 1.56 bits per heavy atom. The van der Waals surface area contributed by atoms with E-state index in [0.29, 0.717) is 19.5 Å². The lowest BCUT2D eigenvalue weighted by atomic mass is 10.0. The SMILES string of the molecule is CCN1CCC(=O)/C(=C\NCC(=O)O)C1=O. The highest BCUT2D eigenvalue weighted by Crippen LogP contribution is 2.12. The van der Waals surface area contributed by atoms with E-state index in [1.54, 1.807) is 4.90 Å². The molecule has 2 N–H and O–H groups in total. The number of carbonyl (C=O) groups is 3. The number of ketones is 1. The summed E-state index contributed by atoms with van der Waals surface area (Å²) in [5.74, 6) is -1.62. The molecule has 0 aromatic carbocycles. The summed E-state index contributed by atoms with van der Waals surface area (Å²) in [6, 6.07) is 0. The van der Waals surface area contributed by atoms with Gasteiger partial charge in [-0.2, -0.15) is 0 Å². The largest absolute Gasteiger partial charge is 0.480 e. The third kappa shape index (κ3) is 2.82. The van der Waals surface area contributed by atoms with E-state index >= 15 is 0 Å². The molecule has 1 amide bonds. The van der Waals surface area contributed by atoms with Crippen LogP contribution in [0.1, 0.15) is 13.3 Å². The lowest BCUT2D eigenvalue weighted by Crippen LogP contribution is -2.41. The van der Waals surface area contributed by atoms with Crippen molar-refractivity contribution in [1.82, 2.24) is 10.2 Å². The van der Waals surface area contributed by atoms with Crippen LogP contribution < -0.4 is 5.32 Å². The Kier molecular flexibility index (Phi) is 4.04. The minimum atomic E-state index is -1.04. The molecule has 0 aromatic heterocycles. The number of carboxylic acid groups (broad SMARTS) is 1. The second-order valence-corrected chi connectivity index (χ2v) is 3.39. The summed E-state index contributed by atoms with van der Waals surface area (Å²) in [6.07, 6.45) is 1.49. The zero-order chi connectivity index (χ0) is 12.1. The number of piperidine rings is 1. The van der Waals surface area contributed by atoms with E-state index in [2.05, 4.69) is 5.32 Å². The summed E-state index contributed by atoms with van der Waals surface area (Å²) in [6.45, 7) is 2.50. The molecular weight excluding hydrogens is 212 g/mol. The van der Waals surface area contributed by atoms with Crippen LogP contribution in [0.25, 0.3) is 0 Å². The van der Waals surface area contributed by atoms with Crippen molar-refractivity contribution in [2.24, 2.45) is 0 Å². The number of Topliss-reactive ketones (excluding diaryl/α,β-unsaturated/α-hetero) is 1. The van der Waals surface area contributed by atoms with Gasteiger partial charge < -0.3 is 15.3 Å². The summed E-state index contributed by atoms with van der Waals surface area (Å²) < 4.78 is 0. The Morgan fingerprint density at radius 2 is 2.25 bits per heavy atom. The molecule has 88 valence electrons. The van der Waals surface area contributed by atoms with Crippen LogP contribution in [-0.2, 0) is 14.4 Å². The first-order chi connectivity index (χ1) is 7.56. The molecule has 0 aromatic rings. The highest BCUT2D eigenvalue weighted by Gasteiger charge is 2.28. The van der Waals surface area contributed by atoms with Crippen LogP contribution in [0.15, 0.2) is 11.8 Å². The van der Waals surface area contributed by atoms with Crippen molar-refractivity contribution in [1.29, 1.82) is 0 Å². The second-order valence-electron chi connectivity index (χ2n) is 3.39. The third-order valence-electron chi connectivity index (χ3n) is 2.31. The van der Waals surface area contributed by atoms with Gasteiger partial charge in [0.25, 0.3) is 5.91 Å². The number of hydrogen-bond donors (Lipinski definition) is 2. The number of nitrogens with zero attached hydrogens (tertiary/aromatic N) is 1. The van der Waals surface area contributed by atoms with E-state index < -0.39 is 5.97 Å². The highest BCUT2D eigenvalue weighted by atomic mass is 16.4. The molecule has 6 nitrogen and oxygen atoms in total. The molecule has 0 unspecified atom stereocenters. The fourth-order valence-electron chi connectivity index (χ4n) is 1.45. The van der Waals surface area contributed by atoms with E-state index in [-0.39, 0.29) is 23.8 Å². The van der Waals surface area contributed by atoms with Crippen molar-refractivity contribution in [3.63, 3.8) is 0 Å². The Morgan fingerprint density at radius 3 is 2.81 bits per heavy atom. The Hall–Kier alpha value is -1.85. The first-order valence-corrected chi connectivity index (χ1v) is 5.04. The molecule has 1 rings (SSSR count). The maximum atomic E-state index is 11.7. The summed E-state index contributed by atoms with van der Waals surface area (Å²) in [7, 11) is 0. The molecule has 6 heteroatoms. The first-order valence-electron chi connectivity index (χ1n) is 5.04. The number of amides is 1. The summed E-state index contributed by atoms with van der Waals surface area (Å²) in [5.41, 5.74) is 0.0364. The summed E-state index contributed by atoms with van der Waals surface area (Å²) in [5, 5.41) is 10.8. The van der Waals surface area contributed by atoms with Gasteiger partial charge in [0.05, 0.1) is 5.57 Å². The van der Waals surface area contributed by atoms with Crippen molar-refractivity contribution in [2.45, 2.75) is 13.3 Å². The Bertz CT molecular complexity index is 349. The van der Waals surface area contributed by atoms with Gasteiger partial charge in [0.1, 0.15) is 6.54 Å². The maximum Gasteiger partial charge on any atom is 0.322 e. The molecule has 1 saturated heterocycles. The zero-order valence-corrected chi connectivity index (χ0v) is 9.02. The molecule has 0 bridgehead atoms. The molecule has 1 fully saturated rings. The normalized spacial score (nSPS) is 19.1. The van der Waals surface area contributed by atoms with E-state index in [1.807, 2.05) is 6.92 Å². The smallest absolute Gasteiger partial charge is 0.322 e. The molecule has 0 spiro atoms. The monoisotopic (exact) mass is 226 g/mol. The average molecular weight is 226 g/mol. The lowest BCUT2D eigenvalue weighted by Gasteiger charge is -2.26. The third-order valence-corrected chi connectivity index (χ3v) is 2.31. The molecule has 0 saturated carbocycles. The highest BCUT2D eigenvalue weighted by molar-refractivity contribution is 6.20. The topological polar surface area (TPSA) is 86.7 Å². The van der Waals surface area contributed by atoms with E-state index in [0.717, 1.165) is 0 Å². The standard InChI is InChI=1S/C10H14N2O4/c1-2-12-4-3-8(13)7(10(12)16)5-11-6-9(14)15/h5,11H,2-4,6H2,1H3,(H,14,15)/b7-5+. The molecule has 1 heterocycles. The molecule has 16 heavy (non-hydrogen) atoms. The number of carboxylic acids is 1. The van der Waals surface area contributed by atoms with Crippen molar-refractivity contribution >= 4 is 17.7 Å². The van der Waals surface area contributed by atoms with Gasteiger partial charge >= 0.3 is 5.97 Å². The number of likely N-dealkylation sites (tertiary alicyclic amines) is 1. The van der Waals surface area contributed by atoms with E-state index in [1.165, 1.54) is 6.20 Å². The van der Waals surface area contributed by atoms with Gasteiger partial charge in [0.2, 0.25) is 0 Å². The predicted molar refractivity (Wildman–Crippen MR) is 55.6 cm³/mol. The van der Waals surface area contributed by atoms with Crippen LogP contribution in [0.2, 0.25) is 0 Å². The molecule has 0 aliphatic carbocycles. The Balaban J connectivity index is 2.70. The number of nitrogens with one attached hydrogen (secondary N) is 1. The second kappa shape index (κ2) is 5.29. The van der Waals surface area contributed by atoms with Crippen molar-refractivity contribution in [2.75, 3.05) is 19.6 Å². The molecule has 0 atom stereocenters. The van der Waals surface area contributed by atoms with Crippen LogP contribution in [0, 0.1) is 0 Å². The van der Waals surface area contributed by atoms with Gasteiger partial charge in [-0.25, -0.2) is 0 Å². The predicted octanol–water partition coefficient (Wildman–Crippen LogP) is -0.634. The minimum absolute atomic E-state index is 0.0364. The molecular formula is C10H14N2O4. The van der Waals surface area contributed by atoms with Crippen LogP contribution in [0.3, 0.4) is 0 Å². The van der Waals surface area contributed by atoms with Gasteiger partial charge in [0.15, 0.2) is 5.78 Å². The van der Waals surface area contributed by atoms with Gasteiger partial charge in [-0.1, -0.05) is 0 Å². The summed E-state index contributed by atoms with van der Waals surface area (Å²) in [4.78, 5) is 34.9. The summed E-state index contributed by atoms with van der Waals surface area (Å²) >= 11 is 0. The van der Waals surface area contributed by atoms with Gasteiger partial charge in [0, 0.05) is 25.7 Å². The average Bonchev–Trinajstić information content (AvgIpc) is 2.23. The number of hydrogen-bond acceptors (Lipinski definition) is 4. The van der Waals surface area contributed by atoms with Gasteiger partial charge in [-0.05, 0) is 6.92 Å². The van der Waals surface area contributed by atoms with Crippen molar-refractivity contribution < 1.29 is 19.5 Å². The number of rotatable bonds is 4. The molecule has 1 aliphatic heterocycles. The van der Waals surface area contributed by atoms with Crippen LogP contribution in [0.5, 0.6) is 0 Å². The number of aliphatic carboxylic acids is 1. The van der Waals surface area contributed by atoms with Gasteiger partial charge in [-0.3, -0.25) is 14.4 Å². The minimum Gasteiger partial charge on any atom is -0.480 e. The molecule has 1 aliphatic rings. The first kappa shape index (κ1) is 12.2. The maximum absolute atomic E-state index is 11.7. The van der Waals surface area contributed by atoms with E-state index in [9.17, 15) is 14.4 Å². The van der Waals surface area contributed by atoms with Crippen molar-refractivity contribution in [3.05, 3.63) is 11.8 Å². The quantitative estimate of drug-likeness (QED) is 0.492. The van der Waals surface area contributed by atoms with Crippen LogP contribution in [0.4, 0.5) is 0 Å². The van der Waals surface area contributed by atoms with Gasteiger partial charge in [-0.15, -0.1) is 0 Å². The zero-order valence-electron chi connectivity index (χ0n) is 9.02.